The molecule has 2 atom stereocenters. The number of carbonyl (C=O) groups is 1. The fourth-order valence-electron chi connectivity index (χ4n) is 4.19. The molecule has 2 aliphatic heterocycles. The maximum Gasteiger partial charge on any atom is 0.277 e. The Hall–Kier alpha value is -1.95. The summed E-state index contributed by atoms with van der Waals surface area (Å²) in [6.45, 7) is 7.33. The van der Waals surface area contributed by atoms with Crippen molar-refractivity contribution in [1.82, 2.24) is 19.4 Å². The summed E-state index contributed by atoms with van der Waals surface area (Å²) in [4.78, 5) is 14.7. The molecule has 1 amide bonds. The Balaban J connectivity index is 1.41. The average molecular weight is 481 g/mol. The van der Waals surface area contributed by atoms with Crippen molar-refractivity contribution >= 4 is 27.7 Å². The Kier molecular flexibility index (Phi) is 7.18. The number of hydrogen-bond acceptors (Lipinski definition) is 8. The van der Waals surface area contributed by atoms with Crippen molar-refractivity contribution in [3.63, 3.8) is 0 Å². The van der Waals surface area contributed by atoms with Gasteiger partial charge in [0.05, 0.1) is 23.9 Å². The van der Waals surface area contributed by atoms with Gasteiger partial charge in [0.25, 0.3) is 5.22 Å². The molecule has 3 heterocycles. The number of carbonyl (C=O) groups excluding carboxylic acids is 1. The van der Waals surface area contributed by atoms with Crippen molar-refractivity contribution in [2.24, 2.45) is 11.8 Å². The highest BCUT2D eigenvalue weighted by Crippen LogP contribution is 2.27. The smallest absolute Gasteiger partial charge is 0.277 e. The van der Waals surface area contributed by atoms with Crippen molar-refractivity contribution in [3.8, 4) is 11.5 Å². The van der Waals surface area contributed by atoms with Crippen LogP contribution in [-0.2, 0) is 19.6 Å². The molecule has 4 rings (SSSR count). The van der Waals surface area contributed by atoms with E-state index in [1.165, 1.54) is 22.1 Å². The van der Waals surface area contributed by atoms with Gasteiger partial charge in [0.1, 0.15) is 0 Å². The number of aromatic nitrogens is 2. The first kappa shape index (κ1) is 23.2. The number of morpholine rings is 1. The van der Waals surface area contributed by atoms with Gasteiger partial charge in [-0.15, -0.1) is 10.2 Å². The summed E-state index contributed by atoms with van der Waals surface area (Å²) in [6.07, 6.45) is 1.14. The zero-order chi connectivity index (χ0) is 22.7. The number of nitrogens with zero attached hydrogens (tertiary/aromatic N) is 4. The predicted octanol–water partition coefficient (Wildman–Crippen LogP) is 2.35. The van der Waals surface area contributed by atoms with Crippen LogP contribution in [0.2, 0.25) is 0 Å². The summed E-state index contributed by atoms with van der Waals surface area (Å²) >= 11 is 1.20. The summed E-state index contributed by atoms with van der Waals surface area (Å²) in [6, 6.07) is 6.47. The molecular formula is C21H28N4O5S2. The highest BCUT2D eigenvalue weighted by atomic mass is 32.2. The standard InChI is InChI=1S/C21H28N4O5S2/c1-15-10-16(2)13-24(12-15)19(26)14-31-21-23-22-20(30-21)17-4-3-5-18(11-17)32(27,28)25-6-8-29-9-7-25/h3-5,11,15-16H,6-10,12-14H2,1-2H3/t15-,16-/m1/s1. The number of hydrogen-bond donors (Lipinski definition) is 0. The van der Waals surface area contributed by atoms with Crippen LogP contribution in [0.25, 0.3) is 11.5 Å². The van der Waals surface area contributed by atoms with E-state index in [0.29, 0.717) is 43.7 Å². The van der Waals surface area contributed by atoms with Crippen LogP contribution in [0.1, 0.15) is 20.3 Å². The first-order chi connectivity index (χ1) is 15.3. The van der Waals surface area contributed by atoms with Crippen molar-refractivity contribution in [2.75, 3.05) is 45.1 Å². The molecule has 32 heavy (non-hydrogen) atoms. The summed E-state index contributed by atoms with van der Waals surface area (Å²) in [5.41, 5.74) is 0.517. The molecule has 0 N–H and O–H groups in total. The molecule has 2 aromatic rings. The van der Waals surface area contributed by atoms with Crippen LogP contribution in [0.5, 0.6) is 0 Å². The number of piperidine rings is 1. The Morgan fingerprint density at radius 1 is 1.16 bits per heavy atom. The molecule has 0 saturated carbocycles. The topological polar surface area (TPSA) is 106 Å². The van der Waals surface area contributed by atoms with E-state index >= 15 is 0 Å². The molecule has 1 aromatic heterocycles. The second-order valence-electron chi connectivity index (χ2n) is 8.45. The molecule has 2 fully saturated rings. The van der Waals surface area contributed by atoms with Crippen molar-refractivity contribution in [1.29, 1.82) is 0 Å². The summed E-state index contributed by atoms with van der Waals surface area (Å²) in [5.74, 6) is 1.52. The molecule has 0 aliphatic carbocycles. The van der Waals surface area contributed by atoms with E-state index in [2.05, 4.69) is 24.0 Å². The van der Waals surface area contributed by atoms with E-state index in [-0.39, 0.29) is 27.7 Å². The van der Waals surface area contributed by atoms with Crippen molar-refractivity contribution < 1.29 is 22.4 Å². The minimum atomic E-state index is -3.62. The van der Waals surface area contributed by atoms with E-state index in [9.17, 15) is 13.2 Å². The van der Waals surface area contributed by atoms with Crippen LogP contribution in [0, 0.1) is 11.8 Å². The molecular weight excluding hydrogens is 452 g/mol. The number of likely N-dealkylation sites (tertiary alicyclic amines) is 1. The fraction of sp³-hybridized carbons (Fsp3) is 0.571. The Morgan fingerprint density at radius 2 is 1.88 bits per heavy atom. The van der Waals surface area contributed by atoms with Gasteiger partial charge in [0.2, 0.25) is 21.8 Å². The van der Waals surface area contributed by atoms with E-state index in [0.717, 1.165) is 19.5 Å². The van der Waals surface area contributed by atoms with Gasteiger partial charge in [-0.25, -0.2) is 8.42 Å². The monoisotopic (exact) mass is 480 g/mol. The van der Waals surface area contributed by atoms with Gasteiger partial charge in [-0.05, 0) is 36.5 Å². The molecule has 0 unspecified atom stereocenters. The lowest BCUT2D eigenvalue weighted by molar-refractivity contribution is -0.130. The van der Waals surface area contributed by atoms with E-state index in [1.807, 2.05) is 4.90 Å². The number of rotatable bonds is 6. The third-order valence-electron chi connectivity index (χ3n) is 5.64. The molecule has 0 radical (unpaired) electrons. The largest absolute Gasteiger partial charge is 0.411 e. The second-order valence-corrected chi connectivity index (χ2v) is 11.3. The number of ether oxygens (including phenoxy) is 1. The van der Waals surface area contributed by atoms with E-state index < -0.39 is 10.0 Å². The summed E-state index contributed by atoms with van der Waals surface area (Å²) in [7, 11) is -3.62. The van der Waals surface area contributed by atoms with Gasteiger partial charge in [0, 0.05) is 31.7 Å². The van der Waals surface area contributed by atoms with Gasteiger partial charge in [-0.2, -0.15) is 4.31 Å². The number of benzene rings is 1. The van der Waals surface area contributed by atoms with Crippen LogP contribution in [0.15, 0.2) is 38.8 Å². The Labute approximate surface area is 192 Å². The van der Waals surface area contributed by atoms with Crippen molar-refractivity contribution in [2.45, 2.75) is 30.4 Å². The first-order valence-electron chi connectivity index (χ1n) is 10.8. The molecule has 1 aromatic carbocycles. The molecule has 2 aliphatic rings. The van der Waals surface area contributed by atoms with Gasteiger partial charge >= 0.3 is 0 Å². The molecule has 2 saturated heterocycles. The molecule has 174 valence electrons. The highest BCUT2D eigenvalue weighted by molar-refractivity contribution is 7.99. The minimum Gasteiger partial charge on any atom is -0.411 e. The SMILES string of the molecule is C[C@@H]1C[C@@H](C)CN(C(=O)CSc2nnc(-c3cccc(S(=O)(=O)N4CCOCC4)c3)o2)C1. The predicted molar refractivity (Wildman–Crippen MR) is 120 cm³/mol. The van der Waals surface area contributed by atoms with E-state index in [1.54, 1.807) is 18.2 Å². The fourth-order valence-corrected chi connectivity index (χ4v) is 6.31. The zero-order valence-corrected chi connectivity index (χ0v) is 19.9. The van der Waals surface area contributed by atoms with Crippen LogP contribution in [0.3, 0.4) is 0 Å². The lowest BCUT2D eigenvalue weighted by atomic mass is 9.92. The van der Waals surface area contributed by atoms with Crippen molar-refractivity contribution in [3.05, 3.63) is 24.3 Å². The number of sulfonamides is 1. The van der Waals surface area contributed by atoms with Crippen LogP contribution in [0.4, 0.5) is 0 Å². The summed E-state index contributed by atoms with van der Waals surface area (Å²) in [5, 5.41) is 8.35. The quantitative estimate of drug-likeness (QED) is 0.580. The second kappa shape index (κ2) is 9.90. The van der Waals surface area contributed by atoms with Crippen LogP contribution >= 0.6 is 11.8 Å². The average Bonchev–Trinajstić information content (AvgIpc) is 3.27. The molecule has 9 nitrogen and oxygen atoms in total. The summed E-state index contributed by atoms with van der Waals surface area (Å²) < 4.78 is 38.2. The molecule has 0 bridgehead atoms. The highest BCUT2D eigenvalue weighted by Gasteiger charge is 2.28. The lowest BCUT2D eigenvalue weighted by Crippen LogP contribution is -2.43. The third kappa shape index (κ3) is 5.33. The Morgan fingerprint density at radius 3 is 2.59 bits per heavy atom. The third-order valence-corrected chi connectivity index (χ3v) is 8.33. The number of amides is 1. The minimum absolute atomic E-state index is 0.0618. The van der Waals surface area contributed by atoms with Crippen LogP contribution < -0.4 is 0 Å². The Bertz CT molecular complexity index is 1040. The normalized spacial score (nSPS) is 22.8. The maximum absolute atomic E-state index is 12.9. The number of thioether (sulfide) groups is 1. The van der Waals surface area contributed by atoms with Gasteiger partial charge in [0.15, 0.2) is 0 Å². The van der Waals surface area contributed by atoms with Gasteiger partial charge in [-0.3, -0.25) is 4.79 Å². The van der Waals surface area contributed by atoms with Gasteiger partial charge in [-0.1, -0.05) is 31.7 Å². The molecule has 11 heteroatoms. The molecule has 0 spiro atoms. The van der Waals surface area contributed by atoms with Crippen LogP contribution in [-0.4, -0.2) is 78.9 Å². The zero-order valence-electron chi connectivity index (χ0n) is 18.3. The maximum atomic E-state index is 12.9. The lowest BCUT2D eigenvalue weighted by Gasteiger charge is -2.34. The first-order valence-corrected chi connectivity index (χ1v) is 13.2. The van der Waals surface area contributed by atoms with E-state index in [4.69, 9.17) is 9.15 Å². The van der Waals surface area contributed by atoms with Gasteiger partial charge < -0.3 is 14.1 Å².